The van der Waals surface area contributed by atoms with Gasteiger partial charge in [-0.05, 0) is 13.5 Å². The van der Waals surface area contributed by atoms with Crippen molar-refractivity contribution in [2.24, 2.45) is 0 Å². The molecule has 0 aliphatic carbocycles. The number of piperazine rings is 2. The number of ether oxygens (including phenoxy) is 4. The zero-order valence-electron chi connectivity index (χ0n) is 18.9. The lowest BCUT2D eigenvalue weighted by Crippen LogP contribution is -2.48. The topological polar surface area (TPSA) is 49.9 Å². The number of hydrogen-bond donors (Lipinski definition) is 0. The third-order valence-electron chi connectivity index (χ3n) is 5.73. The van der Waals surface area contributed by atoms with Crippen LogP contribution in [0.5, 0.6) is 0 Å². The zero-order chi connectivity index (χ0) is 20.6. The average Bonchev–Trinajstić information content (AvgIpc) is 2.75. The smallest absolute Gasteiger partial charge is 0.0701 e. The Morgan fingerprint density at radius 3 is 1.55 bits per heavy atom. The Morgan fingerprint density at radius 1 is 0.517 bits per heavy atom. The van der Waals surface area contributed by atoms with Crippen LogP contribution in [-0.2, 0) is 18.9 Å². The van der Waals surface area contributed by atoms with Gasteiger partial charge in [-0.2, -0.15) is 0 Å². The molecule has 2 saturated heterocycles. The average molecular weight is 417 g/mol. The van der Waals surface area contributed by atoms with E-state index in [-0.39, 0.29) is 0 Å². The Kier molecular flexibility index (Phi) is 14.1. The van der Waals surface area contributed by atoms with E-state index in [1.807, 2.05) is 0 Å². The summed E-state index contributed by atoms with van der Waals surface area (Å²) in [5.74, 6) is 0. The van der Waals surface area contributed by atoms with E-state index in [4.69, 9.17) is 18.9 Å². The van der Waals surface area contributed by atoms with Gasteiger partial charge in [-0.15, -0.1) is 0 Å². The number of methoxy groups -OCH3 is 1. The third kappa shape index (κ3) is 12.2. The second-order valence-electron chi connectivity index (χ2n) is 8.01. The van der Waals surface area contributed by atoms with E-state index in [0.29, 0.717) is 26.4 Å². The summed E-state index contributed by atoms with van der Waals surface area (Å²) in [6.07, 6.45) is 1.10. The van der Waals surface area contributed by atoms with Crippen molar-refractivity contribution in [1.29, 1.82) is 0 Å². The van der Waals surface area contributed by atoms with E-state index in [1.54, 1.807) is 7.11 Å². The van der Waals surface area contributed by atoms with Gasteiger partial charge in [0, 0.05) is 85.7 Å². The van der Waals surface area contributed by atoms with E-state index in [1.165, 1.54) is 26.2 Å². The van der Waals surface area contributed by atoms with Crippen LogP contribution >= 0.6 is 0 Å². The molecular formula is C21H44N4O4. The van der Waals surface area contributed by atoms with E-state index < -0.39 is 0 Å². The fourth-order valence-corrected chi connectivity index (χ4v) is 3.65. The molecule has 0 spiro atoms. The SMILES string of the molecule is COCCN1CCN(CCOCCOCCOCCCN2CCN(C)CC2)CC1. The molecule has 172 valence electrons. The largest absolute Gasteiger partial charge is 0.383 e. The molecule has 2 heterocycles. The van der Waals surface area contributed by atoms with Gasteiger partial charge in [-0.1, -0.05) is 0 Å². The maximum absolute atomic E-state index is 5.70. The van der Waals surface area contributed by atoms with Crippen molar-refractivity contribution in [2.75, 3.05) is 132 Å². The van der Waals surface area contributed by atoms with Crippen molar-refractivity contribution in [2.45, 2.75) is 6.42 Å². The van der Waals surface area contributed by atoms with Crippen LogP contribution in [0.4, 0.5) is 0 Å². The van der Waals surface area contributed by atoms with Gasteiger partial charge in [0.1, 0.15) is 0 Å². The molecule has 8 heteroatoms. The highest BCUT2D eigenvalue weighted by molar-refractivity contribution is 4.71. The number of nitrogens with zero attached hydrogens (tertiary/aromatic N) is 4. The summed E-state index contributed by atoms with van der Waals surface area (Å²) in [6.45, 7) is 17.5. The van der Waals surface area contributed by atoms with Crippen molar-refractivity contribution >= 4 is 0 Å². The van der Waals surface area contributed by atoms with Gasteiger partial charge in [0.2, 0.25) is 0 Å². The molecule has 0 aromatic rings. The fourth-order valence-electron chi connectivity index (χ4n) is 3.65. The Hall–Kier alpha value is -0.320. The van der Waals surface area contributed by atoms with Crippen LogP contribution < -0.4 is 0 Å². The lowest BCUT2D eigenvalue weighted by Gasteiger charge is -2.34. The number of likely N-dealkylation sites (N-methyl/N-ethyl adjacent to an activating group) is 1. The van der Waals surface area contributed by atoms with E-state index >= 15 is 0 Å². The molecule has 8 nitrogen and oxygen atoms in total. The molecule has 0 amide bonds. The number of rotatable bonds is 16. The highest BCUT2D eigenvalue weighted by Gasteiger charge is 2.16. The Balaban J connectivity index is 1.27. The minimum Gasteiger partial charge on any atom is -0.383 e. The lowest BCUT2D eigenvalue weighted by molar-refractivity contribution is 0.00591. The quantitative estimate of drug-likeness (QED) is 0.324. The van der Waals surface area contributed by atoms with Gasteiger partial charge in [0.15, 0.2) is 0 Å². The molecule has 0 aromatic heterocycles. The van der Waals surface area contributed by atoms with Crippen LogP contribution in [0.2, 0.25) is 0 Å². The third-order valence-corrected chi connectivity index (χ3v) is 5.73. The maximum Gasteiger partial charge on any atom is 0.0701 e. The summed E-state index contributed by atoms with van der Waals surface area (Å²) in [6, 6.07) is 0. The molecule has 0 atom stereocenters. The van der Waals surface area contributed by atoms with E-state index in [2.05, 4.69) is 26.6 Å². The van der Waals surface area contributed by atoms with Crippen LogP contribution in [0.1, 0.15) is 6.42 Å². The molecule has 2 fully saturated rings. The highest BCUT2D eigenvalue weighted by Crippen LogP contribution is 2.01. The second-order valence-corrected chi connectivity index (χ2v) is 8.01. The number of hydrogen-bond acceptors (Lipinski definition) is 8. The van der Waals surface area contributed by atoms with Crippen molar-refractivity contribution in [1.82, 2.24) is 19.6 Å². The molecule has 2 aliphatic heterocycles. The second kappa shape index (κ2) is 16.4. The Labute approximate surface area is 178 Å². The lowest BCUT2D eigenvalue weighted by atomic mass is 10.3. The summed E-state index contributed by atoms with van der Waals surface area (Å²) in [5.41, 5.74) is 0. The minimum absolute atomic E-state index is 0.648. The van der Waals surface area contributed by atoms with Crippen LogP contribution in [0.15, 0.2) is 0 Å². The summed E-state index contributed by atoms with van der Waals surface area (Å²) >= 11 is 0. The first-order chi connectivity index (χ1) is 14.3. The summed E-state index contributed by atoms with van der Waals surface area (Å²) < 4.78 is 22.1. The van der Waals surface area contributed by atoms with Crippen molar-refractivity contribution in [3.05, 3.63) is 0 Å². The predicted molar refractivity (Wildman–Crippen MR) is 116 cm³/mol. The normalized spacial score (nSPS) is 20.5. The molecule has 0 N–H and O–H groups in total. The predicted octanol–water partition coefficient (Wildman–Crippen LogP) is -0.0623. The monoisotopic (exact) mass is 416 g/mol. The van der Waals surface area contributed by atoms with Crippen molar-refractivity contribution in [3.63, 3.8) is 0 Å². The van der Waals surface area contributed by atoms with Crippen LogP contribution in [0, 0.1) is 0 Å². The standard InChI is InChI=1S/C21H44N4O4/c1-22-5-7-23(8-6-22)4-3-15-27-18-20-29-21-19-28-17-14-25-11-9-24(10-12-25)13-16-26-2/h3-21H2,1-2H3. The van der Waals surface area contributed by atoms with E-state index in [9.17, 15) is 0 Å². The highest BCUT2D eigenvalue weighted by atomic mass is 16.5. The van der Waals surface area contributed by atoms with Crippen LogP contribution in [0.3, 0.4) is 0 Å². The molecular weight excluding hydrogens is 372 g/mol. The molecule has 2 aliphatic rings. The molecule has 0 radical (unpaired) electrons. The zero-order valence-corrected chi connectivity index (χ0v) is 18.9. The van der Waals surface area contributed by atoms with Gasteiger partial charge < -0.3 is 28.7 Å². The maximum atomic E-state index is 5.70. The van der Waals surface area contributed by atoms with Crippen LogP contribution in [-0.4, -0.2) is 152 Å². The summed E-state index contributed by atoms with van der Waals surface area (Å²) in [5, 5.41) is 0. The van der Waals surface area contributed by atoms with Gasteiger partial charge in [-0.25, -0.2) is 0 Å². The molecule has 0 aromatic carbocycles. The van der Waals surface area contributed by atoms with Crippen LogP contribution in [0.25, 0.3) is 0 Å². The summed E-state index contributed by atoms with van der Waals surface area (Å²) in [4.78, 5) is 9.85. The van der Waals surface area contributed by atoms with Gasteiger partial charge in [0.25, 0.3) is 0 Å². The first-order valence-electron chi connectivity index (χ1n) is 11.4. The van der Waals surface area contributed by atoms with Gasteiger partial charge in [-0.3, -0.25) is 9.80 Å². The van der Waals surface area contributed by atoms with Gasteiger partial charge >= 0.3 is 0 Å². The van der Waals surface area contributed by atoms with Gasteiger partial charge in [0.05, 0.1) is 39.6 Å². The Bertz CT molecular complexity index is 376. The molecule has 0 saturated carbocycles. The molecule has 0 bridgehead atoms. The van der Waals surface area contributed by atoms with Crippen molar-refractivity contribution < 1.29 is 18.9 Å². The molecule has 2 rings (SSSR count). The Morgan fingerprint density at radius 2 is 0.966 bits per heavy atom. The first-order valence-corrected chi connectivity index (χ1v) is 11.4. The van der Waals surface area contributed by atoms with Crippen molar-refractivity contribution in [3.8, 4) is 0 Å². The fraction of sp³-hybridized carbons (Fsp3) is 1.00. The van der Waals surface area contributed by atoms with E-state index in [0.717, 1.165) is 72.1 Å². The minimum atomic E-state index is 0.648. The molecule has 29 heavy (non-hydrogen) atoms. The summed E-state index contributed by atoms with van der Waals surface area (Å²) in [7, 11) is 3.96. The molecule has 0 unspecified atom stereocenters. The first kappa shape index (κ1) is 24.9.